The van der Waals surface area contributed by atoms with Crippen molar-refractivity contribution in [2.24, 2.45) is 0 Å². The first kappa shape index (κ1) is 14.1. The molecule has 3 nitrogen and oxygen atoms in total. The molecule has 3 rings (SSSR count). The van der Waals surface area contributed by atoms with Gasteiger partial charge in [0.2, 0.25) is 0 Å². The Morgan fingerprint density at radius 1 is 1.20 bits per heavy atom. The van der Waals surface area contributed by atoms with E-state index < -0.39 is 0 Å². The molecule has 0 spiro atoms. The SMILES string of the molecule is CCNCc1ccc(CN2CCOC3CCCC32)cc1. The van der Waals surface area contributed by atoms with Crippen molar-refractivity contribution < 1.29 is 4.74 Å². The molecule has 0 radical (unpaired) electrons. The molecule has 2 unspecified atom stereocenters. The van der Waals surface area contributed by atoms with E-state index in [1.54, 1.807) is 0 Å². The first-order valence-corrected chi connectivity index (χ1v) is 8.01. The molecule has 110 valence electrons. The van der Waals surface area contributed by atoms with Gasteiger partial charge in [0.15, 0.2) is 0 Å². The molecule has 1 heterocycles. The van der Waals surface area contributed by atoms with Crippen molar-refractivity contribution in [3.05, 3.63) is 35.4 Å². The van der Waals surface area contributed by atoms with E-state index in [-0.39, 0.29) is 0 Å². The zero-order chi connectivity index (χ0) is 13.8. The van der Waals surface area contributed by atoms with Gasteiger partial charge in [-0.1, -0.05) is 31.2 Å². The van der Waals surface area contributed by atoms with Gasteiger partial charge in [-0.05, 0) is 36.9 Å². The van der Waals surface area contributed by atoms with Crippen molar-refractivity contribution in [2.75, 3.05) is 19.7 Å². The molecule has 1 aliphatic carbocycles. The Hall–Kier alpha value is -0.900. The molecule has 0 aromatic heterocycles. The summed E-state index contributed by atoms with van der Waals surface area (Å²) in [4.78, 5) is 2.63. The summed E-state index contributed by atoms with van der Waals surface area (Å²) < 4.78 is 5.88. The fourth-order valence-electron chi connectivity index (χ4n) is 3.47. The molecule has 0 amide bonds. The standard InChI is InChI=1S/C17H26N2O/c1-2-18-12-14-6-8-15(9-7-14)13-19-10-11-20-17-5-3-4-16(17)19/h6-9,16-18H,2-5,10-13H2,1H3. The zero-order valence-electron chi connectivity index (χ0n) is 12.5. The molecule has 1 aliphatic heterocycles. The highest BCUT2D eigenvalue weighted by Gasteiger charge is 2.35. The van der Waals surface area contributed by atoms with Crippen LogP contribution in [0, 0.1) is 0 Å². The number of nitrogens with one attached hydrogen (secondary N) is 1. The van der Waals surface area contributed by atoms with Crippen molar-refractivity contribution in [2.45, 2.75) is 51.4 Å². The smallest absolute Gasteiger partial charge is 0.0731 e. The first-order valence-electron chi connectivity index (χ1n) is 8.01. The molecular formula is C17H26N2O. The number of fused-ring (bicyclic) bond motifs is 1. The van der Waals surface area contributed by atoms with Crippen molar-refractivity contribution in [3.63, 3.8) is 0 Å². The van der Waals surface area contributed by atoms with E-state index in [9.17, 15) is 0 Å². The third-order valence-electron chi connectivity index (χ3n) is 4.58. The first-order chi connectivity index (χ1) is 9.86. The van der Waals surface area contributed by atoms with E-state index in [1.165, 1.54) is 30.4 Å². The number of nitrogens with zero attached hydrogens (tertiary/aromatic N) is 1. The maximum absolute atomic E-state index is 5.88. The second kappa shape index (κ2) is 6.70. The van der Waals surface area contributed by atoms with Crippen LogP contribution in [0.2, 0.25) is 0 Å². The summed E-state index contributed by atoms with van der Waals surface area (Å²) in [6, 6.07) is 9.73. The van der Waals surface area contributed by atoms with Gasteiger partial charge in [0, 0.05) is 25.7 Å². The molecule has 2 fully saturated rings. The maximum atomic E-state index is 5.88. The molecule has 3 heteroatoms. The quantitative estimate of drug-likeness (QED) is 0.893. The Kier molecular flexibility index (Phi) is 4.71. The van der Waals surface area contributed by atoms with E-state index in [0.717, 1.165) is 32.8 Å². The summed E-state index contributed by atoms with van der Waals surface area (Å²) >= 11 is 0. The summed E-state index contributed by atoms with van der Waals surface area (Å²) in [6.07, 6.45) is 4.39. The molecule has 1 N–H and O–H groups in total. The van der Waals surface area contributed by atoms with Crippen LogP contribution in [0.1, 0.15) is 37.3 Å². The van der Waals surface area contributed by atoms with Crippen molar-refractivity contribution in [3.8, 4) is 0 Å². The van der Waals surface area contributed by atoms with Crippen molar-refractivity contribution >= 4 is 0 Å². The van der Waals surface area contributed by atoms with E-state index >= 15 is 0 Å². The Morgan fingerprint density at radius 2 is 2.00 bits per heavy atom. The lowest BCUT2D eigenvalue weighted by Crippen LogP contribution is -2.47. The minimum absolute atomic E-state index is 0.497. The molecule has 2 aliphatic rings. The van der Waals surface area contributed by atoms with Gasteiger partial charge in [0.1, 0.15) is 0 Å². The van der Waals surface area contributed by atoms with Gasteiger partial charge in [-0.15, -0.1) is 0 Å². The number of morpholine rings is 1. The highest BCUT2D eigenvalue weighted by Crippen LogP contribution is 2.30. The van der Waals surface area contributed by atoms with Crippen LogP contribution < -0.4 is 5.32 Å². The number of benzene rings is 1. The highest BCUT2D eigenvalue weighted by atomic mass is 16.5. The van der Waals surface area contributed by atoms with Crippen LogP contribution in [0.3, 0.4) is 0 Å². The second-order valence-corrected chi connectivity index (χ2v) is 5.97. The zero-order valence-corrected chi connectivity index (χ0v) is 12.5. The second-order valence-electron chi connectivity index (χ2n) is 5.97. The fraction of sp³-hybridized carbons (Fsp3) is 0.647. The van der Waals surface area contributed by atoms with Gasteiger partial charge in [0.25, 0.3) is 0 Å². The average molecular weight is 274 g/mol. The average Bonchev–Trinajstić information content (AvgIpc) is 2.96. The van der Waals surface area contributed by atoms with Gasteiger partial charge >= 0.3 is 0 Å². The van der Waals surface area contributed by atoms with Crippen molar-refractivity contribution in [1.29, 1.82) is 0 Å². The molecule has 1 saturated heterocycles. The summed E-state index contributed by atoms with van der Waals surface area (Å²) in [5.41, 5.74) is 2.80. The van der Waals surface area contributed by atoms with Crippen LogP contribution >= 0.6 is 0 Å². The normalized spacial score (nSPS) is 26.6. The van der Waals surface area contributed by atoms with Crippen LogP contribution in [0.4, 0.5) is 0 Å². The molecule has 1 aromatic rings. The number of hydrogen-bond donors (Lipinski definition) is 1. The van der Waals surface area contributed by atoms with Crippen LogP contribution in [-0.2, 0) is 17.8 Å². The van der Waals surface area contributed by atoms with Crippen LogP contribution in [0.25, 0.3) is 0 Å². The third kappa shape index (κ3) is 3.22. The van der Waals surface area contributed by atoms with E-state index in [2.05, 4.69) is 41.4 Å². The minimum atomic E-state index is 0.497. The largest absolute Gasteiger partial charge is 0.375 e. The number of hydrogen-bond acceptors (Lipinski definition) is 3. The lowest BCUT2D eigenvalue weighted by molar-refractivity contribution is -0.0588. The third-order valence-corrected chi connectivity index (χ3v) is 4.58. The molecule has 0 bridgehead atoms. The van der Waals surface area contributed by atoms with Crippen molar-refractivity contribution in [1.82, 2.24) is 10.2 Å². The topological polar surface area (TPSA) is 24.5 Å². The monoisotopic (exact) mass is 274 g/mol. The van der Waals surface area contributed by atoms with Crippen LogP contribution in [-0.4, -0.2) is 36.7 Å². The molecule has 2 atom stereocenters. The highest BCUT2D eigenvalue weighted by molar-refractivity contribution is 5.22. The Balaban J connectivity index is 1.59. The number of ether oxygens (including phenoxy) is 1. The predicted molar refractivity (Wildman–Crippen MR) is 81.6 cm³/mol. The van der Waals surface area contributed by atoms with E-state index in [0.29, 0.717) is 12.1 Å². The summed E-state index contributed by atoms with van der Waals surface area (Å²) in [5, 5.41) is 3.37. The van der Waals surface area contributed by atoms with E-state index in [1.807, 2.05) is 0 Å². The molecule has 1 aromatic carbocycles. The van der Waals surface area contributed by atoms with E-state index in [4.69, 9.17) is 4.74 Å². The summed E-state index contributed by atoms with van der Waals surface area (Å²) in [6.45, 7) is 7.20. The predicted octanol–water partition coefficient (Wildman–Crippen LogP) is 2.55. The lowest BCUT2D eigenvalue weighted by Gasteiger charge is -2.37. The van der Waals surface area contributed by atoms with Gasteiger partial charge < -0.3 is 10.1 Å². The van der Waals surface area contributed by atoms with Crippen LogP contribution in [0.5, 0.6) is 0 Å². The Labute approximate surface area is 122 Å². The van der Waals surface area contributed by atoms with Gasteiger partial charge in [-0.2, -0.15) is 0 Å². The summed E-state index contributed by atoms with van der Waals surface area (Å²) in [5.74, 6) is 0. The van der Waals surface area contributed by atoms with Crippen LogP contribution in [0.15, 0.2) is 24.3 Å². The maximum Gasteiger partial charge on any atom is 0.0731 e. The molecule has 20 heavy (non-hydrogen) atoms. The Morgan fingerprint density at radius 3 is 2.80 bits per heavy atom. The number of rotatable bonds is 5. The summed E-state index contributed by atoms with van der Waals surface area (Å²) in [7, 11) is 0. The van der Waals surface area contributed by atoms with Gasteiger partial charge in [0.05, 0.1) is 12.7 Å². The Bertz CT molecular complexity index is 418. The van der Waals surface area contributed by atoms with Gasteiger partial charge in [-0.3, -0.25) is 4.90 Å². The molecular weight excluding hydrogens is 248 g/mol. The molecule has 1 saturated carbocycles. The van der Waals surface area contributed by atoms with Gasteiger partial charge in [-0.25, -0.2) is 0 Å². The fourth-order valence-corrected chi connectivity index (χ4v) is 3.47. The lowest BCUT2D eigenvalue weighted by atomic mass is 10.1. The minimum Gasteiger partial charge on any atom is -0.375 e.